The molecule has 0 radical (unpaired) electrons. The Morgan fingerprint density at radius 3 is 1.92 bits per heavy atom. The molecular formula is C9H19ClO2Si. The summed E-state index contributed by atoms with van der Waals surface area (Å²) in [6, 6.07) is 0. The number of rotatable bonds is 2. The average Bonchev–Trinajstić information content (AvgIpc) is 1.79. The highest BCUT2D eigenvalue weighted by Crippen LogP contribution is 2.18. The predicted molar refractivity (Wildman–Crippen MR) is 58.8 cm³/mol. The Labute approximate surface area is 86.6 Å². The van der Waals surface area contributed by atoms with Crippen molar-refractivity contribution in [3.8, 4) is 0 Å². The average molecular weight is 223 g/mol. The van der Waals surface area contributed by atoms with Crippen molar-refractivity contribution in [3.63, 3.8) is 0 Å². The molecule has 78 valence electrons. The first-order valence-electron chi connectivity index (χ1n) is 4.41. The van der Waals surface area contributed by atoms with Crippen LogP contribution in [0.1, 0.15) is 20.8 Å². The Morgan fingerprint density at radius 1 is 1.31 bits per heavy atom. The molecule has 0 fully saturated rings. The fraction of sp³-hybridized carbons (Fsp3) is 0.889. The molecule has 0 aliphatic heterocycles. The predicted octanol–water partition coefficient (Wildman–Crippen LogP) is 2.81. The van der Waals surface area contributed by atoms with Gasteiger partial charge in [-0.1, -0.05) is 19.6 Å². The molecule has 0 heterocycles. The molecule has 0 aliphatic rings. The minimum Gasteiger partial charge on any atom is -0.459 e. The monoisotopic (exact) mass is 222 g/mol. The highest BCUT2D eigenvalue weighted by molar-refractivity contribution is 6.87. The highest BCUT2D eigenvalue weighted by atomic mass is 35.5. The van der Waals surface area contributed by atoms with Gasteiger partial charge in [0.25, 0.3) is 0 Å². The van der Waals surface area contributed by atoms with Gasteiger partial charge in [0.2, 0.25) is 0 Å². The van der Waals surface area contributed by atoms with Gasteiger partial charge < -0.3 is 4.74 Å². The molecule has 0 saturated carbocycles. The van der Waals surface area contributed by atoms with Gasteiger partial charge in [0, 0.05) is 0 Å². The molecular weight excluding hydrogens is 204 g/mol. The maximum Gasteiger partial charge on any atom is 0.321 e. The number of esters is 1. The van der Waals surface area contributed by atoms with E-state index in [1.165, 1.54) is 0 Å². The Morgan fingerprint density at radius 2 is 1.69 bits per heavy atom. The van der Waals surface area contributed by atoms with Crippen LogP contribution in [-0.2, 0) is 9.53 Å². The minimum absolute atomic E-state index is 0.284. The van der Waals surface area contributed by atoms with Crippen LogP contribution < -0.4 is 0 Å². The highest BCUT2D eigenvalue weighted by Gasteiger charge is 2.34. The lowest BCUT2D eigenvalue weighted by Gasteiger charge is -2.26. The van der Waals surface area contributed by atoms with Crippen LogP contribution in [0.3, 0.4) is 0 Å². The molecule has 0 amide bonds. The van der Waals surface area contributed by atoms with E-state index >= 15 is 0 Å². The largest absolute Gasteiger partial charge is 0.459 e. The number of hydrogen-bond donors (Lipinski definition) is 0. The topological polar surface area (TPSA) is 26.3 Å². The summed E-state index contributed by atoms with van der Waals surface area (Å²) < 4.78 is 5.19. The maximum atomic E-state index is 11.5. The summed E-state index contributed by atoms with van der Waals surface area (Å²) in [6.07, 6.45) is 0. The number of alkyl halides is 1. The summed E-state index contributed by atoms with van der Waals surface area (Å²) in [5.74, 6) is -0.284. The summed E-state index contributed by atoms with van der Waals surface area (Å²) in [4.78, 5) is 11.5. The Kier molecular flexibility index (Phi) is 4.00. The molecule has 2 nitrogen and oxygen atoms in total. The van der Waals surface area contributed by atoms with Crippen LogP contribution in [0.2, 0.25) is 19.6 Å². The van der Waals surface area contributed by atoms with Crippen molar-refractivity contribution in [2.75, 3.05) is 0 Å². The number of hydrogen-bond acceptors (Lipinski definition) is 2. The summed E-state index contributed by atoms with van der Waals surface area (Å²) >= 11 is 6.00. The van der Waals surface area contributed by atoms with E-state index in [-0.39, 0.29) is 5.97 Å². The number of halogens is 1. The van der Waals surface area contributed by atoms with Crippen LogP contribution in [0.15, 0.2) is 0 Å². The van der Waals surface area contributed by atoms with Gasteiger partial charge in [-0.25, -0.2) is 0 Å². The third-order valence-corrected chi connectivity index (χ3v) is 5.27. The Hall–Kier alpha value is -0.0231. The first-order chi connectivity index (χ1) is 5.54. The van der Waals surface area contributed by atoms with E-state index in [0.29, 0.717) is 0 Å². The normalized spacial score (nSPS) is 15.3. The molecule has 0 aromatic rings. The number of ether oxygens (including phenoxy) is 1. The second-order valence-corrected chi connectivity index (χ2v) is 11.4. The smallest absolute Gasteiger partial charge is 0.321 e. The molecule has 13 heavy (non-hydrogen) atoms. The van der Waals surface area contributed by atoms with Crippen molar-refractivity contribution in [2.45, 2.75) is 51.0 Å². The lowest BCUT2D eigenvalue weighted by atomic mass is 10.2. The number of carbonyl (C=O) groups excluding carboxylic acids is 1. The zero-order valence-electron chi connectivity index (χ0n) is 9.27. The summed E-state index contributed by atoms with van der Waals surface area (Å²) in [5, 5.41) is -0.452. The van der Waals surface area contributed by atoms with Gasteiger partial charge in [0.15, 0.2) is 0 Å². The lowest BCUT2D eigenvalue weighted by molar-refractivity contribution is -0.152. The lowest BCUT2D eigenvalue weighted by Crippen LogP contribution is -2.43. The van der Waals surface area contributed by atoms with Crippen LogP contribution in [0.25, 0.3) is 0 Å². The summed E-state index contributed by atoms with van der Waals surface area (Å²) in [5.41, 5.74) is -0.441. The molecule has 1 atom stereocenters. The molecule has 0 rings (SSSR count). The third kappa shape index (κ3) is 5.31. The summed E-state index contributed by atoms with van der Waals surface area (Å²) in [6.45, 7) is 11.7. The first-order valence-corrected chi connectivity index (χ1v) is 8.42. The maximum absolute atomic E-state index is 11.5. The fourth-order valence-corrected chi connectivity index (χ4v) is 1.52. The molecule has 0 aromatic carbocycles. The molecule has 0 aromatic heterocycles. The first kappa shape index (κ1) is 13.0. The van der Waals surface area contributed by atoms with Crippen LogP contribution in [0, 0.1) is 0 Å². The van der Waals surface area contributed by atoms with Crippen LogP contribution in [0.5, 0.6) is 0 Å². The van der Waals surface area contributed by atoms with Gasteiger partial charge in [-0.05, 0) is 20.8 Å². The fourth-order valence-electron chi connectivity index (χ4n) is 0.707. The van der Waals surface area contributed by atoms with Gasteiger partial charge >= 0.3 is 5.97 Å². The Bertz CT molecular complexity index is 191. The van der Waals surface area contributed by atoms with E-state index in [4.69, 9.17) is 16.3 Å². The van der Waals surface area contributed by atoms with Gasteiger partial charge in [0.05, 0.1) is 8.07 Å². The van der Waals surface area contributed by atoms with E-state index < -0.39 is 18.7 Å². The van der Waals surface area contributed by atoms with Crippen molar-refractivity contribution < 1.29 is 9.53 Å². The van der Waals surface area contributed by atoms with Crippen molar-refractivity contribution in [1.29, 1.82) is 0 Å². The van der Waals surface area contributed by atoms with E-state index in [9.17, 15) is 4.79 Å². The van der Waals surface area contributed by atoms with Gasteiger partial charge in [0.1, 0.15) is 10.6 Å². The van der Waals surface area contributed by atoms with Gasteiger partial charge in [-0.2, -0.15) is 0 Å². The van der Waals surface area contributed by atoms with Crippen molar-refractivity contribution in [2.24, 2.45) is 0 Å². The van der Waals surface area contributed by atoms with Gasteiger partial charge in [-0.15, -0.1) is 11.6 Å². The zero-order valence-corrected chi connectivity index (χ0v) is 11.0. The SMILES string of the molecule is CC(C)(C)OC(=O)C(Cl)[Si](C)(C)C. The van der Waals surface area contributed by atoms with E-state index in [1.54, 1.807) is 0 Å². The number of carbonyl (C=O) groups is 1. The standard InChI is InChI=1S/C9H19ClO2Si/c1-9(2,3)12-8(11)7(10)13(4,5)6/h7H,1-6H3. The third-order valence-electron chi connectivity index (χ3n) is 1.37. The molecule has 0 saturated heterocycles. The molecule has 1 unspecified atom stereocenters. The van der Waals surface area contributed by atoms with E-state index in [1.807, 2.05) is 20.8 Å². The summed E-state index contributed by atoms with van der Waals surface area (Å²) in [7, 11) is -1.63. The second kappa shape index (κ2) is 4.01. The Balaban J connectivity index is 4.30. The van der Waals surface area contributed by atoms with Crippen molar-refractivity contribution in [3.05, 3.63) is 0 Å². The van der Waals surface area contributed by atoms with Gasteiger partial charge in [-0.3, -0.25) is 4.79 Å². The van der Waals surface area contributed by atoms with E-state index in [0.717, 1.165) is 0 Å². The molecule has 0 bridgehead atoms. The minimum atomic E-state index is -1.63. The van der Waals surface area contributed by atoms with E-state index in [2.05, 4.69) is 19.6 Å². The van der Waals surface area contributed by atoms with Crippen LogP contribution >= 0.6 is 11.6 Å². The quantitative estimate of drug-likeness (QED) is 0.408. The molecule has 0 spiro atoms. The van der Waals surface area contributed by atoms with Crippen molar-refractivity contribution in [1.82, 2.24) is 0 Å². The molecule has 0 aliphatic carbocycles. The van der Waals surface area contributed by atoms with Crippen LogP contribution in [-0.4, -0.2) is 24.6 Å². The second-order valence-electron chi connectivity index (χ2n) is 5.26. The molecule has 0 N–H and O–H groups in total. The zero-order chi connectivity index (χ0) is 10.9. The van der Waals surface area contributed by atoms with Crippen LogP contribution in [0.4, 0.5) is 0 Å². The van der Waals surface area contributed by atoms with Crippen molar-refractivity contribution >= 4 is 25.6 Å². The molecule has 4 heteroatoms.